The van der Waals surface area contributed by atoms with Crippen LogP contribution in [0.25, 0.3) is 0 Å². The van der Waals surface area contributed by atoms with Gasteiger partial charge in [-0.2, -0.15) is 0 Å². The van der Waals surface area contributed by atoms with E-state index in [1.807, 2.05) is 30.3 Å². The quantitative estimate of drug-likeness (QED) is 0.387. The average molecular weight is 417 g/mol. The van der Waals surface area contributed by atoms with E-state index in [2.05, 4.69) is 0 Å². The Kier molecular flexibility index (Phi) is 9.47. The first-order valence-corrected chi connectivity index (χ1v) is 9.37. The minimum atomic E-state index is -0.523. The fraction of sp³-hybridized carbons (Fsp3) is 0.364. The molecule has 2 aromatic carbocycles. The van der Waals surface area contributed by atoms with Crippen LogP contribution >= 0.6 is 0 Å². The lowest BCUT2D eigenvalue weighted by atomic mass is 10.2. The summed E-state index contributed by atoms with van der Waals surface area (Å²) in [5.41, 5.74) is 0.746. The van der Waals surface area contributed by atoms with Gasteiger partial charge in [-0.3, -0.25) is 9.59 Å². The molecule has 0 aromatic heterocycles. The van der Waals surface area contributed by atoms with Crippen molar-refractivity contribution in [2.75, 3.05) is 47.7 Å². The van der Waals surface area contributed by atoms with Gasteiger partial charge in [-0.15, -0.1) is 0 Å². The Hall–Kier alpha value is -3.26. The lowest BCUT2D eigenvalue weighted by Crippen LogP contribution is -2.38. The molecule has 162 valence electrons. The highest BCUT2D eigenvalue weighted by molar-refractivity contribution is 5.82. The molecule has 0 heterocycles. The van der Waals surface area contributed by atoms with E-state index in [1.165, 1.54) is 12.0 Å². The highest BCUT2D eigenvalue weighted by Gasteiger charge is 2.19. The van der Waals surface area contributed by atoms with Crippen LogP contribution in [0.1, 0.15) is 5.56 Å². The molecule has 0 fully saturated rings. The Bertz CT molecular complexity index is 788. The van der Waals surface area contributed by atoms with Crippen molar-refractivity contribution in [3.63, 3.8) is 0 Å². The number of benzene rings is 2. The van der Waals surface area contributed by atoms with Crippen LogP contribution in [0.5, 0.6) is 17.2 Å². The number of ether oxygens (including phenoxy) is 5. The first-order chi connectivity index (χ1) is 14.5. The topological polar surface area (TPSA) is 83.5 Å². The molecule has 0 radical (unpaired) electrons. The molecule has 0 spiro atoms. The molecule has 2 aromatic rings. The molecule has 0 bridgehead atoms. The first kappa shape index (κ1) is 23.0. The summed E-state index contributed by atoms with van der Waals surface area (Å²) in [6.07, 6.45) is 0. The predicted octanol–water partition coefficient (Wildman–Crippen LogP) is 2.30. The maximum Gasteiger partial charge on any atom is 0.325 e. The van der Waals surface area contributed by atoms with E-state index < -0.39 is 5.97 Å². The molecule has 8 heteroatoms. The van der Waals surface area contributed by atoms with Gasteiger partial charge in [0, 0.05) is 12.6 Å². The van der Waals surface area contributed by atoms with E-state index in [4.69, 9.17) is 23.7 Å². The van der Waals surface area contributed by atoms with E-state index in [0.29, 0.717) is 18.1 Å². The number of methoxy groups -OCH3 is 3. The second kappa shape index (κ2) is 12.3. The van der Waals surface area contributed by atoms with Crippen LogP contribution in [0.3, 0.4) is 0 Å². The molecule has 8 nitrogen and oxygen atoms in total. The Morgan fingerprint density at radius 2 is 1.53 bits per heavy atom. The molecule has 0 aliphatic carbocycles. The molecule has 2 rings (SSSR count). The third-order valence-corrected chi connectivity index (χ3v) is 4.15. The van der Waals surface area contributed by atoms with Gasteiger partial charge in [-0.1, -0.05) is 18.2 Å². The van der Waals surface area contributed by atoms with Crippen LogP contribution in [-0.4, -0.2) is 64.5 Å². The summed E-state index contributed by atoms with van der Waals surface area (Å²) < 4.78 is 26.2. The van der Waals surface area contributed by atoms with E-state index in [1.54, 1.807) is 32.4 Å². The Labute approximate surface area is 176 Å². The van der Waals surface area contributed by atoms with Crippen molar-refractivity contribution in [1.82, 2.24) is 4.90 Å². The molecule has 0 aliphatic rings. The number of carbonyl (C=O) groups is 2. The normalized spacial score (nSPS) is 10.2. The highest BCUT2D eigenvalue weighted by Crippen LogP contribution is 2.23. The number of esters is 1. The molecule has 0 N–H and O–H groups in total. The van der Waals surface area contributed by atoms with Gasteiger partial charge >= 0.3 is 5.97 Å². The Morgan fingerprint density at radius 1 is 0.867 bits per heavy atom. The van der Waals surface area contributed by atoms with Crippen LogP contribution < -0.4 is 14.2 Å². The Morgan fingerprint density at radius 3 is 2.13 bits per heavy atom. The zero-order valence-electron chi connectivity index (χ0n) is 17.5. The third kappa shape index (κ3) is 7.63. The number of hydrogen-bond donors (Lipinski definition) is 0. The van der Waals surface area contributed by atoms with Crippen LogP contribution in [0.4, 0.5) is 0 Å². The summed E-state index contributed by atoms with van der Waals surface area (Å²) in [5.74, 6) is 1.03. The lowest BCUT2D eigenvalue weighted by molar-refractivity contribution is -0.149. The van der Waals surface area contributed by atoms with Gasteiger partial charge in [-0.05, 0) is 29.8 Å². The summed E-state index contributed by atoms with van der Waals surface area (Å²) in [5, 5.41) is 0. The molecule has 30 heavy (non-hydrogen) atoms. The van der Waals surface area contributed by atoms with Gasteiger partial charge in [0.1, 0.15) is 37.0 Å². The van der Waals surface area contributed by atoms with Crippen molar-refractivity contribution in [3.05, 3.63) is 54.1 Å². The van der Waals surface area contributed by atoms with Gasteiger partial charge < -0.3 is 28.6 Å². The second-order valence-electron chi connectivity index (χ2n) is 6.26. The van der Waals surface area contributed by atoms with Crippen LogP contribution in [-0.2, 0) is 25.6 Å². The third-order valence-electron chi connectivity index (χ3n) is 4.15. The molecule has 0 aliphatic heterocycles. The minimum Gasteiger partial charge on any atom is -0.497 e. The van der Waals surface area contributed by atoms with Gasteiger partial charge in [-0.25, -0.2) is 0 Å². The smallest absolute Gasteiger partial charge is 0.325 e. The first-order valence-electron chi connectivity index (χ1n) is 9.37. The molecular weight excluding hydrogens is 390 g/mol. The van der Waals surface area contributed by atoms with Crippen molar-refractivity contribution < 1.29 is 33.3 Å². The maximum atomic E-state index is 12.6. The SMILES string of the molecule is COC(=O)CN(Cc1cc(OC)cc(OC)c1)C(=O)COCCOc1ccccc1. The molecular formula is C22H27NO7. The fourth-order valence-electron chi connectivity index (χ4n) is 2.62. The van der Waals surface area contributed by atoms with Gasteiger partial charge in [0.15, 0.2) is 0 Å². The molecule has 0 unspecified atom stereocenters. The molecule has 0 atom stereocenters. The van der Waals surface area contributed by atoms with E-state index >= 15 is 0 Å². The van der Waals surface area contributed by atoms with Gasteiger partial charge in [0.2, 0.25) is 5.91 Å². The summed E-state index contributed by atoms with van der Waals surface area (Å²) >= 11 is 0. The standard InChI is InChI=1S/C22H27NO7/c1-26-19-11-17(12-20(13-19)27-2)14-23(15-22(25)28-3)21(24)16-29-9-10-30-18-7-5-4-6-8-18/h4-8,11-13H,9-10,14-16H2,1-3H3. The molecule has 1 amide bonds. The van der Waals surface area contributed by atoms with Crippen molar-refractivity contribution in [1.29, 1.82) is 0 Å². The molecule has 0 saturated carbocycles. The number of nitrogens with zero attached hydrogens (tertiary/aromatic N) is 1. The van der Waals surface area contributed by atoms with Crippen molar-refractivity contribution >= 4 is 11.9 Å². The van der Waals surface area contributed by atoms with Crippen LogP contribution in [0.2, 0.25) is 0 Å². The summed E-state index contributed by atoms with van der Waals surface area (Å²) in [7, 11) is 4.36. The number of amides is 1. The van der Waals surface area contributed by atoms with Gasteiger partial charge in [0.05, 0.1) is 27.9 Å². The maximum absolute atomic E-state index is 12.6. The zero-order chi connectivity index (χ0) is 21.8. The zero-order valence-corrected chi connectivity index (χ0v) is 17.5. The Balaban J connectivity index is 1.93. The monoisotopic (exact) mass is 417 g/mol. The second-order valence-corrected chi connectivity index (χ2v) is 6.26. The average Bonchev–Trinajstić information content (AvgIpc) is 2.78. The van der Waals surface area contributed by atoms with Crippen molar-refractivity contribution in [3.8, 4) is 17.2 Å². The number of rotatable bonds is 12. The minimum absolute atomic E-state index is 0.172. The summed E-state index contributed by atoms with van der Waals surface area (Å²) in [6, 6.07) is 14.6. The van der Waals surface area contributed by atoms with Gasteiger partial charge in [0.25, 0.3) is 0 Å². The highest BCUT2D eigenvalue weighted by atomic mass is 16.5. The van der Waals surface area contributed by atoms with Crippen LogP contribution in [0.15, 0.2) is 48.5 Å². The van der Waals surface area contributed by atoms with E-state index in [0.717, 1.165) is 11.3 Å². The number of para-hydroxylation sites is 1. The number of hydrogen-bond acceptors (Lipinski definition) is 7. The summed E-state index contributed by atoms with van der Waals surface area (Å²) in [4.78, 5) is 25.8. The van der Waals surface area contributed by atoms with Crippen molar-refractivity contribution in [2.24, 2.45) is 0 Å². The largest absolute Gasteiger partial charge is 0.497 e. The van der Waals surface area contributed by atoms with Crippen molar-refractivity contribution in [2.45, 2.75) is 6.54 Å². The predicted molar refractivity (Wildman–Crippen MR) is 110 cm³/mol. The van der Waals surface area contributed by atoms with E-state index in [9.17, 15) is 9.59 Å². The lowest BCUT2D eigenvalue weighted by Gasteiger charge is -2.22. The number of carbonyl (C=O) groups excluding carboxylic acids is 2. The molecule has 0 saturated heterocycles. The van der Waals surface area contributed by atoms with Crippen LogP contribution in [0, 0.1) is 0 Å². The summed E-state index contributed by atoms with van der Waals surface area (Å²) in [6.45, 7) is 0.335. The van der Waals surface area contributed by atoms with E-state index in [-0.39, 0.29) is 32.2 Å². The fourth-order valence-corrected chi connectivity index (χ4v) is 2.62.